The summed E-state index contributed by atoms with van der Waals surface area (Å²) in [6.45, 7) is 3.91. The van der Waals surface area contributed by atoms with Crippen molar-refractivity contribution in [1.29, 1.82) is 0 Å². The Morgan fingerprint density at radius 1 is 1.31 bits per heavy atom. The Hall–Kier alpha value is -1.68. The minimum atomic E-state index is -3.83. The van der Waals surface area contributed by atoms with Crippen molar-refractivity contribution in [3.63, 3.8) is 0 Å². The van der Waals surface area contributed by atoms with E-state index in [1.165, 1.54) is 0 Å². The van der Waals surface area contributed by atoms with E-state index in [2.05, 4.69) is 5.32 Å². The maximum Gasteiger partial charge on any atom is 0.337 e. The van der Waals surface area contributed by atoms with Crippen molar-refractivity contribution < 1.29 is 27.5 Å². The van der Waals surface area contributed by atoms with Gasteiger partial charge < -0.3 is 21.5 Å². The molecule has 150 valence electrons. The number of hydrogen-bond acceptors (Lipinski definition) is 7. The predicted octanol–water partition coefficient (Wildman–Crippen LogP) is -0.768. The van der Waals surface area contributed by atoms with Gasteiger partial charge in [0, 0.05) is 18.9 Å². The van der Waals surface area contributed by atoms with Crippen molar-refractivity contribution in [1.82, 2.24) is 5.32 Å². The molecule has 0 bridgehead atoms. The predicted molar refractivity (Wildman–Crippen MR) is 95.6 cm³/mol. The molecule has 1 aliphatic rings. The van der Waals surface area contributed by atoms with Crippen LogP contribution in [0.15, 0.2) is 0 Å². The number of carbonyl (C=O) groups excluding carboxylic acids is 3. The molecule has 26 heavy (non-hydrogen) atoms. The molecule has 1 fully saturated rings. The minimum Gasteiger partial charge on any atom is -0.464 e. The number of rotatable bonds is 11. The molecule has 1 saturated heterocycles. The van der Waals surface area contributed by atoms with Gasteiger partial charge in [0.05, 0.1) is 17.6 Å². The third-order valence-electron chi connectivity index (χ3n) is 4.47. The molecule has 0 saturated carbocycles. The van der Waals surface area contributed by atoms with Crippen molar-refractivity contribution in [2.24, 2.45) is 17.4 Å². The summed E-state index contributed by atoms with van der Waals surface area (Å²) in [5.74, 6) is -3.73. The van der Waals surface area contributed by atoms with Crippen LogP contribution in [0.5, 0.6) is 0 Å². The molecule has 0 aromatic carbocycles. The maximum atomic E-state index is 12.7. The third-order valence-corrected chi connectivity index (χ3v) is 6.82. The Kier molecular flexibility index (Phi) is 8.01. The first-order valence-corrected chi connectivity index (χ1v) is 10.5. The first-order valence-electron chi connectivity index (χ1n) is 8.81. The molecule has 1 aliphatic heterocycles. The number of sulfone groups is 1. The van der Waals surface area contributed by atoms with E-state index in [4.69, 9.17) is 16.2 Å². The molecule has 1 heterocycles. The fourth-order valence-corrected chi connectivity index (χ4v) is 5.24. The van der Waals surface area contributed by atoms with Gasteiger partial charge in [-0.15, -0.1) is 0 Å². The number of ether oxygens (including phenoxy) is 1. The van der Waals surface area contributed by atoms with E-state index >= 15 is 0 Å². The summed E-state index contributed by atoms with van der Waals surface area (Å²) in [6, 6.07) is 0. The summed E-state index contributed by atoms with van der Waals surface area (Å²) in [4.78, 5) is 35.3. The van der Waals surface area contributed by atoms with E-state index in [1.807, 2.05) is 13.8 Å². The zero-order chi connectivity index (χ0) is 20.0. The van der Waals surface area contributed by atoms with Crippen LogP contribution in [0.1, 0.15) is 46.0 Å². The standard InChI is InChI=1S/C16H29N3O6S/c1-3-5-12(6-4-2)26(23,24)10-16(18,14(17)21)15(22)25-9-11-7-13(20)19-8-11/h11-12H,3-10,18H2,1-2H3,(H2,17,21)(H,19,20)/t11-,16-/m0/s1. The van der Waals surface area contributed by atoms with Gasteiger partial charge in [0.15, 0.2) is 9.84 Å². The maximum absolute atomic E-state index is 12.7. The molecule has 1 rings (SSSR count). The second-order valence-electron chi connectivity index (χ2n) is 6.81. The molecule has 0 unspecified atom stereocenters. The fraction of sp³-hybridized carbons (Fsp3) is 0.812. The summed E-state index contributed by atoms with van der Waals surface area (Å²) in [7, 11) is -3.83. The Bertz CT molecular complexity index is 630. The van der Waals surface area contributed by atoms with E-state index in [-0.39, 0.29) is 24.9 Å². The van der Waals surface area contributed by atoms with Crippen LogP contribution in [0.25, 0.3) is 0 Å². The summed E-state index contributed by atoms with van der Waals surface area (Å²) in [6.07, 6.45) is 2.30. The first kappa shape index (κ1) is 22.4. The number of hydrogen-bond donors (Lipinski definition) is 3. The quantitative estimate of drug-likeness (QED) is 0.308. The lowest BCUT2D eigenvalue weighted by Crippen LogP contribution is -2.63. The third kappa shape index (κ3) is 5.66. The molecule has 0 aliphatic carbocycles. The average Bonchev–Trinajstić information content (AvgIpc) is 2.97. The zero-order valence-electron chi connectivity index (χ0n) is 15.3. The van der Waals surface area contributed by atoms with Crippen LogP contribution in [0, 0.1) is 5.92 Å². The van der Waals surface area contributed by atoms with E-state index in [1.54, 1.807) is 0 Å². The normalized spacial score (nSPS) is 19.8. The smallest absolute Gasteiger partial charge is 0.337 e. The fourth-order valence-electron chi connectivity index (χ4n) is 2.92. The van der Waals surface area contributed by atoms with Crippen LogP contribution in [0.4, 0.5) is 0 Å². The zero-order valence-corrected chi connectivity index (χ0v) is 16.1. The topological polar surface area (TPSA) is 159 Å². The molecule has 2 amide bonds. The Morgan fingerprint density at radius 2 is 1.88 bits per heavy atom. The summed E-state index contributed by atoms with van der Waals surface area (Å²) < 4.78 is 30.4. The molecular weight excluding hydrogens is 362 g/mol. The molecule has 0 radical (unpaired) electrons. The number of amides is 2. The SMILES string of the molecule is CCCC(CCC)S(=O)(=O)C[C@](N)(C(N)=O)C(=O)OC[C@@H]1CNC(=O)C1. The molecule has 5 N–H and O–H groups in total. The van der Waals surface area contributed by atoms with Gasteiger partial charge in [0.1, 0.15) is 0 Å². The largest absolute Gasteiger partial charge is 0.464 e. The van der Waals surface area contributed by atoms with Crippen molar-refractivity contribution in [3.8, 4) is 0 Å². The number of primary amides is 1. The highest BCUT2D eigenvalue weighted by molar-refractivity contribution is 7.92. The minimum absolute atomic E-state index is 0.142. The molecule has 2 atom stereocenters. The lowest BCUT2D eigenvalue weighted by molar-refractivity contribution is -0.154. The highest BCUT2D eigenvalue weighted by Gasteiger charge is 2.48. The molecule has 0 spiro atoms. The van der Waals surface area contributed by atoms with Gasteiger partial charge in [-0.3, -0.25) is 9.59 Å². The number of esters is 1. The second-order valence-corrected chi connectivity index (χ2v) is 9.10. The highest BCUT2D eigenvalue weighted by Crippen LogP contribution is 2.20. The first-order chi connectivity index (χ1) is 12.1. The summed E-state index contributed by atoms with van der Waals surface area (Å²) in [5, 5.41) is 1.90. The van der Waals surface area contributed by atoms with Gasteiger partial charge in [0.2, 0.25) is 17.4 Å². The Balaban J connectivity index is 2.87. The molecular formula is C16H29N3O6S. The monoisotopic (exact) mass is 391 g/mol. The van der Waals surface area contributed by atoms with Gasteiger partial charge in [0.25, 0.3) is 0 Å². The average molecular weight is 391 g/mol. The Labute approximate surface area is 154 Å². The molecule has 0 aromatic heterocycles. The van der Waals surface area contributed by atoms with Crippen molar-refractivity contribution >= 4 is 27.6 Å². The van der Waals surface area contributed by atoms with Crippen LogP contribution in [-0.2, 0) is 29.0 Å². The van der Waals surface area contributed by atoms with Gasteiger partial charge in [-0.05, 0) is 12.8 Å². The lowest BCUT2D eigenvalue weighted by atomic mass is 10.0. The van der Waals surface area contributed by atoms with Crippen LogP contribution >= 0.6 is 0 Å². The van der Waals surface area contributed by atoms with Gasteiger partial charge >= 0.3 is 5.97 Å². The van der Waals surface area contributed by atoms with Crippen LogP contribution in [-0.4, -0.2) is 55.9 Å². The Morgan fingerprint density at radius 3 is 2.31 bits per heavy atom. The van der Waals surface area contributed by atoms with Gasteiger partial charge in [-0.25, -0.2) is 13.2 Å². The van der Waals surface area contributed by atoms with E-state index in [9.17, 15) is 22.8 Å². The van der Waals surface area contributed by atoms with Crippen LogP contribution in [0.2, 0.25) is 0 Å². The van der Waals surface area contributed by atoms with Crippen molar-refractivity contribution in [2.45, 2.75) is 56.7 Å². The highest BCUT2D eigenvalue weighted by atomic mass is 32.2. The van der Waals surface area contributed by atoms with Crippen molar-refractivity contribution in [2.75, 3.05) is 18.9 Å². The number of nitrogens with one attached hydrogen (secondary N) is 1. The van der Waals surface area contributed by atoms with Crippen LogP contribution in [0.3, 0.4) is 0 Å². The number of nitrogens with two attached hydrogens (primary N) is 2. The molecule has 0 aromatic rings. The number of carbonyl (C=O) groups is 3. The van der Waals surface area contributed by atoms with Crippen LogP contribution < -0.4 is 16.8 Å². The molecule has 10 heteroatoms. The van der Waals surface area contributed by atoms with E-state index in [0.717, 1.165) is 0 Å². The lowest BCUT2D eigenvalue weighted by Gasteiger charge is -2.26. The van der Waals surface area contributed by atoms with E-state index in [0.29, 0.717) is 32.2 Å². The van der Waals surface area contributed by atoms with Gasteiger partial charge in [-0.1, -0.05) is 26.7 Å². The summed E-state index contributed by atoms with van der Waals surface area (Å²) in [5.41, 5.74) is 8.59. The van der Waals surface area contributed by atoms with Crippen molar-refractivity contribution in [3.05, 3.63) is 0 Å². The van der Waals surface area contributed by atoms with Gasteiger partial charge in [-0.2, -0.15) is 0 Å². The van der Waals surface area contributed by atoms with E-state index < -0.39 is 38.3 Å². The molecule has 9 nitrogen and oxygen atoms in total. The summed E-state index contributed by atoms with van der Waals surface area (Å²) >= 11 is 0. The second kappa shape index (κ2) is 9.31.